The third-order valence-corrected chi connectivity index (χ3v) is 4.38. The summed E-state index contributed by atoms with van der Waals surface area (Å²) in [5.74, 6) is 1.58. The molecule has 0 saturated carbocycles. The first kappa shape index (κ1) is 17.7. The fraction of sp³-hybridized carbons (Fsp3) is 0.278. The highest BCUT2D eigenvalue weighted by Gasteiger charge is 2.18. The van der Waals surface area contributed by atoms with Gasteiger partial charge in [-0.2, -0.15) is 0 Å². The van der Waals surface area contributed by atoms with Crippen LogP contribution in [0.5, 0.6) is 17.2 Å². The number of carbonyl (C=O) groups is 1. The van der Waals surface area contributed by atoms with Crippen molar-refractivity contribution in [1.82, 2.24) is 4.90 Å². The van der Waals surface area contributed by atoms with Crippen LogP contribution in [0.25, 0.3) is 0 Å². The second-order valence-corrected chi connectivity index (χ2v) is 6.43. The van der Waals surface area contributed by atoms with Gasteiger partial charge in [-0.15, -0.1) is 0 Å². The summed E-state index contributed by atoms with van der Waals surface area (Å²) in [6, 6.07) is 8.74. The fourth-order valence-corrected chi connectivity index (χ4v) is 3.27. The summed E-state index contributed by atoms with van der Waals surface area (Å²) in [7, 11) is 3.19. The van der Waals surface area contributed by atoms with Gasteiger partial charge in [0.25, 0.3) is 5.91 Å². The predicted octanol–water partition coefficient (Wildman–Crippen LogP) is 4.05. The molecule has 25 heavy (non-hydrogen) atoms. The zero-order valence-corrected chi connectivity index (χ0v) is 15.4. The van der Waals surface area contributed by atoms with Gasteiger partial charge in [0.15, 0.2) is 17.2 Å². The molecule has 0 aliphatic carbocycles. The van der Waals surface area contributed by atoms with Gasteiger partial charge in [0.05, 0.1) is 17.2 Å². The molecule has 5 nitrogen and oxygen atoms in total. The van der Waals surface area contributed by atoms with E-state index >= 15 is 0 Å². The maximum absolute atomic E-state index is 12.7. The number of hydrogen-bond donors (Lipinski definition) is 0. The lowest BCUT2D eigenvalue weighted by Crippen LogP contribution is -2.26. The van der Waals surface area contributed by atoms with Crippen molar-refractivity contribution >= 4 is 29.1 Å². The van der Waals surface area contributed by atoms with Crippen LogP contribution in [0.4, 0.5) is 0 Å². The lowest BCUT2D eigenvalue weighted by Gasteiger charge is -2.21. The van der Waals surface area contributed by atoms with Crippen LogP contribution in [0, 0.1) is 0 Å². The first-order valence-corrected chi connectivity index (χ1v) is 8.42. The van der Waals surface area contributed by atoms with Crippen LogP contribution in [0.3, 0.4) is 0 Å². The molecule has 3 rings (SSSR count). The molecule has 0 bridgehead atoms. The summed E-state index contributed by atoms with van der Waals surface area (Å²) < 4.78 is 16.2. The van der Waals surface area contributed by atoms with E-state index in [4.69, 9.17) is 37.4 Å². The van der Waals surface area contributed by atoms with Gasteiger partial charge in [-0.1, -0.05) is 29.3 Å². The number of hydrogen-bond acceptors (Lipinski definition) is 4. The Kier molecular flexibility index (Phi) is 5.25. The van der Waals surface area contributed by atoms with E-state index in [9.17, 15) is 4.79 Å². The van der Waals surface area contributed by atoms with Crippen LogP contribution in [-0.2, 0) is 6.54 Å². The van der Waals surface area contributed by atoms with Crippen molar-refractivity contribution < 1.29 is 19.0 Å². The number of rotatable bonds is 4. The van der Waals surface area contributed by atoms with Crippen molar-refractivity contribution in [3.8, 4) is 17.2 Å². The number of halogens is 2. The van der Waals surface area contributed by atoms with E-state index in [-0.39, 0.29) is 5.91 Å². The van der Waals surface area contributed by atoms with Crippen LogP contribution in [-0.4, -0.2) is 38.2 Å². The van der Waals surface area contributed by atoms with Crippen molar-refractivity contribution in [2.24, 2.45) is 0 Å². The first-order chi connectivity index (χ1) is 12.0. The lowest BCUT2D eigenvalue weighted by atomic mass is 10.1. The molecule has 0 aromatic heterocycles. The largest absolute Gasteiger partial charge is 0.494 e. The molecule has 0 saturated heterocycles. The smallest absolute Gasteiger partial charge is 0.254 e. The number of methoxy groups -OCH3 is 1. The van der Waals surface area contributed by atoms with Gasteiger partial charge in [-0.05, 0) is 29.8 Å². The number of fused-ring (bicyclic) bond motifs is 1. The summed E-state index contributed by atoms with van der Waals surface area (Å²) in [5.41, 5.74) is 1.33. The second kappa shape index (κ2) is 7.42. The second-order valence-electron chi connectivity index (χ2n) is 5.61. The molecule has 132 valence electrons. The topological polar surface area (TPSA) is 48.0 Å². The van der Waals surface area contributed by atoms with Crippen LogP contribution in [0.2, 0.25) is 10.0 Å². The molecule has 1 aliphatic rings. The molecule has 2 aromatic carbocycles. The monoisotopic (exact) mass is 381 g/mol. The van der Waals surface area contributed by atoms with Crippen LogP contribution in [0.1, 0.15) is 15.9 Å². The van der Waals surface area contributed by atoms with Gasteiger partial charge >= 0.3 is 0 Å². The summed E-state index contributed by atoms with van der Waals surface area (Å²) in [4.78, 5) is 14.2. The molecule has 1 aliphatic heterocycles. The van der Waals surface area contributed by atoms with Gasteiger partial charge in [-0.25, -0.2) is 0 Å². The highest BCUT2D eigenvalue weighted by Crippen LogP contribution is 2.34. The number of carbonyl (C=O) groups excluding carboxylic acids is 1. The Hall–Kier alpha value is -2.11. The normalized spacial score (nSPS) is 12.6. The van der Waals surface area contributed by atoms with Crippen molar-refractivity contribution in [3.63, 3.8) is 0 Å². The van der Waals surface area contributed by atoms with E-state index in [1.165, 1.54) is 7.11 Å². The van der Waals surface area contributed by atoms with E-state index in [0.717, 1.165) is 11.3 Å². The van der Waals surface area contributed by atoms with Gasteiger partial charge in [0.1, 0.15) is 13.2 Å². The number of benzene rings is 2. The summed E-state index contributed by atoms with van der Waals surface area (Å²) in [5, 5.41) is 0.595. The van der Waals surface area contributed by atoms with Crippen molar-refractivity contribution in [2.45, 2.75) is 6.54 Å². The Morgan fingerprint density at radius 3 is 2.40 bits per heavy atom. The Morgan fingerprint density at radius 1 is 1.12 bits per heavy atom. The Morgan fingerprint density at radius 2 is 1.76 bits per heavy atom. The SMILES string of the molecule is COc1c(Cl)cc(C(=O)N(C)Cc2ccc3c(c2)OCCO3)cc1Cl. The molecule has 0 spiro atoms. The third kappa shape index (κ3) is 3.78. The van der Waals surface area contributed by atoms with Crippen molar-refractivity contribution in [2.75, 3.05) is 27.4 Å². The number of amides is 1. The van der Waals surface area contributed by atoms with Crippen molar-refractivity contribution in [1.29, 1.82) is 0 Å². The first-order valence-electron chi connectivity index (χ1n) is 7.66. The molecule has 0 unspecified atom stereocenters. The Balaban J connectivity index is 1.77. The van der Waals surface area contributed by atoms with E-state index < -0.39 is 0 Å². The predicted molar refractivity (Wildman–Crippen MR) is 96.2 cm³/mol. The van der Waals surface area contributed by atoms with E-state index in [2.05, 4.69) is 0 Å². The summed E-state index contributed by atoms with van der Waals surface area (Å²) in [6.07, 6.45) is 0. The molecule has 0 atom stereocenters. The zero-order chi connectivity index (χ0) is 18.0. The van der Waals surface area contributed by atoms with E-state index in [1.807, 2.05) is 18.2 Å². The van der Waals surface area contributed by atoms with Crippen LogP contribution >= 0.6 is 23.2 Å². The lowest BCUT2D eigenvalue weighted by molar-refractivity contribution is 0.0784. The van der Waals surface area contributed by atoms with Crippen LogP contribution < -0.4 is 14.2 Å². The van der Waals surface area contributed by atoms with Gasteiger partial charge < -0.3 is 19.1 Å². The molecule has 2 aromatic rings. The molecule has 1 heterocycles. The number of ether oxygens (including phenoxy) is 3. The third-order valence-electron chi connectivity index (χ3n) is 3.82. The quantitative estimate of drug-likeness (QED) is 0.801. The minimum absolute atomic E-state index is 0.193. The Labute approximate surface area is 156 Å². The molecular formula is C18H17Cl2NO4. The molecule has 0 fully saturated rings. The molecular weight excluding hydrogens is 365 g/mol. The molecule has 1 amide bonds. The fourth-order valence-electron chi connectivity index (χ4n) is 2.63. The minimum atomic E-state index is -0.193. The maximum Gasteiger partial charge on any atom is 0.254 e. The molecule has 7 heteroatoms. The van der Waals surface area contributed by atoms with E-state index in [0.29, 0.717) is 46.9 Å². The van der Waals surface area contributed by atoms with Gasteiger partial charge in [0.2, 0.25) is 0 Å². The average molecular weight is 382 g/mol. The van der Waals surface area contributed by atoms with Gasteiger partial charge in [-0.3, -0.25) is 4.79 Å². The molecule has 0 N–H and O–H groups in total. The summed E-state index contributed by atoms with van der Waals surface area (Å²) >= 11 is 12.2. The Bertz CT molecular complexity index is 787. The standard InChI is InChI=1S/C18H17Cl2NO4/c1-21(10-11-3-4-15-16(7-11)25-6-5-24-15)18(22)12-8-13(19)17(23-2)14(20)9-12/h3-4,7-9H,5-6,10H2,1-2H3. The maximum atomic E-state index is 12.7. The highest BCUT2D eigenvalue weighted by molar-refractivity contribution is 6.37. The van der Waals surface area contributed by atoms with E-state index in [1.54, 1.807) is 24.1 Å². The van der Waals surface area contributed by atoms with Crippen LogP contribution in [0.15, 0.2) is 30.3 Å². The minimum Gasteiger partial charge on any atom is -0.494 e. The average Bonchev–Trinajstić information content (AvgIpc) is 2.60. The molecule has 0 radical (unpaired) electrons. The summed E-state index contributed by atoms with van der Waals surface area (Å²) in [6.45, 7) is 1.48. The van der Waals surface area contributed by atoms with Crippen molar-refractivity contribution in [3.05, 3.63) is 51.5 Å². The number of nitrogens with zero attached hydrogens (tertiary/aromatic N) is 1. The highest BCUT2D eigenvalue weighted by atomic mass is 35.5. The zero-order valence-electron chi connectivity index (χ0n) is 13.8. The van der Waals surface area contributed by atoms with Gasteiger partial charge in [0, 0.05) is 19.2 Å².